The maximum Gasteiger partial charge on any atom is 0.244 e. The molecule has 0 unspecified atom stereocenters. The molecule has 3 rings (SSSR count). The van der Waals surface area contributed by atoms with Gasteiger partial charge in [-0.3, -0.25) is 0 Å². The molecule has 0 bridgehead atoms. The summed E-state index contributed by atoms with van der Waals surface area (Å²) in [6, 6.07) is 11.6. The molecular weight excluding hydrogens is 408 g/mol. The van der Waals surface area contributed by atoms with Gasteiger partial charge in [-0.1, -0.05) is 34.5 Å². The van der Waals surface area contributed by atoms with Gasteiger partial charge in [0, 0.05) is 29.5 Å². The molecule has 0 atom stereocenters. The Hall–Kier alpha value is -0.890. The molecule has 0 N–H and O–H groups in total. The molecule has 1 aromatic heterocycles. The van der Waals surface area contributed by atoms with Crippen LogP contribution in [0.15, 0.2) is 57.0 Å². The number of pyridine rings is 1. The van der Waals surface area contributed by atoms with E-state index >= 15 is 0 Å². The number of piperidine rings is 1. The molecule has 2 aromatic rings. The molecule has 0 spiro atoms. The highest BCUT2D eigenvalue weighted by atomic mass is 79.9. The Morgan fingerprint density at radius 2 is 1.75 bits per heavy atom. The molecule has 1 aromatic carbocycles. The summed E-state index contributed by atoms with van der Waals surface area (Å²) < 4.78 is 27.8. The second-order valence-corrected chi connectivity index (χ2v) is 9.56. The van der Waals surface area contributed by atoms with Gasteiger partial charge in [0.15, 0.2) is 0 Å². The predicted octanol–water partition coefficient (Wildman–Crippen LogP) is 4.31. The van der Waals surface area contributed by atoms with Crippen LogP contribution in [0.4, 0.5) is 0 Å². The van der Waals surface area contributed by atoms with Crippen LogP contribution in [0.1, 0.15) is 24.8 Å². The fraction of sp³-hybridized carbons (Fsp3) is 0.353. The van der Waals surface area contributed by atoms with Crippen LogP contribution in [-0.4, -0.2) is 30.8 Å². The minimum atomic E-state index is -3.39. The monoisotopic (exact) mass is 426 g/mol. The number of sulfonamides is 1. The zero-order valence-electron chi connectivity index (χ0n) is 13.2. The summed E-state index contributed by atoms with van der Waals surface area (Å²) in [4.78, 5) is 4.61. The third-order valence-electron chi connectivity index (χ3n) is 3.96. The van der Waals surface area contributed by atoms with Crippen molar-refractivity contribution in [3.8, 4) is 0 Å². The maximum atomic E-state index is 12.6. The average Bonchev–Trinajstić information content (AvgIpc) is 2.62. The van der Waals surface area contributed by atoms with Gasteiger partial charge in [0.2, 0.25) is 10.0 Å². The average molecular weight is 427 g/mol. The Morgan fingerprint density at radius 1 is 1.04 bits per heavy atom. The highest BCUT2D eigenvalue weighted by molar-refractivity contribution is 9.10. The van der Waals surface area contributed by atoms with Crippen molar-refractivity contribution in [2.45, 2.75) is 34.9 Å². The van der Waals surface area contributed by atoms with Crippen molar-refractivity contribution in [1.29, 1.82) is 0 Å². The van der Waals surface area contributed by atoms with Crippen molar-refractivity contribution >= 4 is 37.7 Å². The SMILES string of the molecule is O=S(=O)(c1ccc(SCc2ccc(Br)cc2)nc1)N1CCCCC1. The Balaban J connectivity index is 1.65. The fourth-order valence-corrected chi connectivity index (χ4v) is 5.12. The summed E-state index contributed by atoms with van der Waals surface area (Å²) in [5.41, 5.74) is 1.20. The molecule has 0 saturated carbocycles. The number of benzene rings is 1. The van der Waals surface area contributed by atoms with E-state index in [0.717, 1.165) is 34.5 Å². The van der Waals surface area contributed by atoms with Crippen molar-refractivity contribution in [3.05, 3.63) is 52.6 Å². The van der Waals surface area contributed by atoms with Gasteiger partial charge in [-0.2, -0.15) is 4.31 Å². The van der Waals surface area contributed by atoms with Crippen LogP contribution in [-0.2, 0) is 15.8 Å². The van der Waals surface area contributed by atoms with E-state index in [1.165, 1.54) is 11.8 Å². The van der Waals surface area contributed by atoms with Crippen LogP contribution in [0.25, 0.3) is 0 Å². The molecular formula is C17H19BrN2O2S2. The molecule has 0 radical (unpaired) electrons. The molecule has 1 aliphatic rings. The molecule has 1 aliphatic heterocycles. The molecule has 128 valence electrons. The van der Waals surface area contributed by atoms with Crippen molar-refractivity contribution in [3.63, 3.8) is 0 Å². The number of hydrogen-bond acceptors (Lipinski definition) is 4. The van der Waals surface area contributed by atoms with Crippen LogP contribution in [0.3, 0.4) is 0 Å². The zero-order chi connectivity index (χ0) is 17.0. The Morgan fingerprint density at radius 3 is 2.38 bits per heavy atom. The number of nitrogens with zero attached hydrogens (tertiary/aromatic N) is 2. The van der Waals surface area contributed by atoms with E-state index in [0.29, 0.717) is 13.1 Å². The minimum Gasteiger partial charge on any atom is -0.249 e. The zero-order valence-corrected chi connectivity index (χ0v) is 16.4. The first-order valence-electron chi connectivity index (χ1n) is 7.89. The van der Waals surface area contributed by atoms with Crippen molar-refractivity contribution in [1.82, 2.24) is 9.29 Å². The van der Waals surface area contributed by atoms with Crippen LogP contribution >= 0.6 is 27.7 Å². The Bertz CT molecular complexity index is 771. The quantitative estimate of drug-likeness (QED) is 0.668. The first kappa shape index (κ1) is 17.9. The van der Waals surface area contributed by atoms with Gasteiger partial charge in [0.1, 0.15) is 4.90 Å². The molecule has 0 aliphatic carbocycles. The summed E-state index contributed by atoms with van der Waals surface area (Å²) in [5, 5.41) is 0.829. The number of rotatable bonds is 5. The Labute approximate surface area is 155 Å². The topological polar surface area (TPSA) is 50.3 Å². The maximum absolute atomic E-state index is 12.6. The Kier molecular flexibility index (Phi) is 5.97. The lowest BCUT2D eigenvalue weighted by atomic mass is 10.2. The number of thioether (sulfide) groups is 1. The van der Waals surface area contributed by atoms with E-state index in [1.807, 2.05) is 12.1 Å². The van der Waals surface area contributed by atoms with Gasteiger partial charge in [-0.05, 0) is 42.7 Å². The summed E-state index contributed by atoms with van der Waals surface area (Å²) >= 11 is 5.02. The lowest BCUT2D eigenvalue weighted by Gasteiger charge is -2.25. The summed E-state index contributed by atoms with van der Waals surface area (Å²) in [6.45, 7) is 1.23. The lowest BCUT2D eigenvalue weighted by molar-refractivity contribution is 0.346. The number of aromatic nitrogens is 1. The minimum absolute atomic E-state index is 0.289. The molecule has 1 fully saturated rings. The smallest absolute Gasteiger partial charge is 0.244 e. The summed E-state index contributed by atoms with van der Waals surface area (Å²) in [6.07, 6.45) is 4.46. The molecule has 24 heavy (non-hydrogen) atoms. The van der Waals surface area contributed by atoms with Gasteiger partial charge in [0.05, 0.1) is 5.03 Å². The van der Waals surface area contributed by atoms with E-state index in [4.69, 9.17) is 0 Å². The van der Waals surface area contributed by atoms with Crippen molar-refractivity contribution < 1.29 is 8.42 Å². The highest BCUT2D eigenvalue weighted by Crippen LogP contribution is 2.25. The predicted molar refractivity (Wildman–Crippen MR) is 101 cm³/mol. The standard InChI is InChI=1S/C17H19BrN2O2S2/c18-15-6-4-14(5-7-15)13-23-17-9-8-16(12-19-17)24(21,22)20-10-2-1-3-11-20/h4-9,12H,1-3,10-11,13H2. The largest absolute Gasteiger partial charge is 0.249 e. The normalized spacial score (nSPS) is 16.2. The molecule has 7 heteroatoms. The van der Waals surface area contributed by atoms with Gasteiger partial charge >= 0.3 is 0 Å². The second-order valence-electron chi connectivity index (χ2n) is 5.71. The van der Waals surface area contributed by atoms with Gasteiger partial charge < -0.3 is 0 Å². The van der Waals surface area contributed by atoms with Crippen LogP contribution in [0.2, 0.25) is 0 Å². The highest BCUT2D eigenvalue weighted by Gasteiger charge is 2.26. The lowest BCUT2D eigenvalue weighted by Crippen LogP contribution is -2.35. The van der Waals surface area contributed by atoms with E-state index in [2.05, 4.69) is 33.0 Å². The third kappa shape index (κ3) is 4.39. The van der Waals surface area contributed by atoms with E-state index in [9.17, 15) is 8.42 Å². The van der Waals surface area contributed by atoms with Crippen LogP contribution in [0, 0.1) is 0 Å². The van der Waals surface area contributed by atoms with E-state index < -0.39 is 10.0 Å². The van der Waals surface area contributed by atoms with Gasteiger partial charge in [-0.15, -0.1) is 11.8 Å². The van der Waals surface area contributed by atoms with Crippen molar-refractivity contribution in [2.75, 3.05) is 13.1 Å². The third-order valence-corrected chi connectivity index (χ3v) is 7.39. The fourth-order valence-electron chi connectivity index (χ4n) is 2.60. The molecule has 4 nitrogen and oxygen atoms in total. The molecule has 0 amide bonds. The summed E-state index contributed by atoms with van der Waals surface area (Å²) in [7, 11) is -3.39. The molecule has 2 heterocycles. The van der Waals surface area contributed by atoms with Gasteiger partial charge in [-0.25, -0.2) is 13.4 Å². The molecule has 1 saturated heterocycles. The summed E-state index contributed by atoms with van der Waals surface area (Å²) in [5.74, 6) is 0.804. The first-order valence-corrected chi connectivity index (χ1v) is 11.1. The van der Waals surface area contributed by atoms with E-state index in [1.54, 1.807) is 28.2 Å². The number of halogens is 1. The first-order chi connectivity index (χ1) is 11.6. The van der Waals surface area contributed by atoms with Crippen LogP contribution < -0.4 is 0 Å². The van der Waals surface area contributed by atoms with Gasteiger partial charge in [0.25, 0.3) is 0 Å². The van der Waals surface area contributed by atoms with Crippen LogP contribution in [0.5, 0.6) is 0 Å². The van der Waals surface area contributed by atoms with Crippen molar-refractivity contribution in [2.24, 2.45) is 0 Å². The van der Waals surface area contributed by atoms with E-state index in [-0.39, 0.29) is 4.90 Å². The number of hydrogen-bond donors (Lipinski definition) is 0. The second kappa shape index (κ2) is 7.99.